The van der Waals surface area contributed by atoms with E-state index in [4.69, 9.17) is 5.73 Å². The van der Waals surface area contributed by atoms with Gasteiger partial charge in [0.2, 0.25) is 5.91 Å². The molecule has 1 aliphatic rings. The van der Waals surface area contributed by atoms with Crippen LogP contribution in [-0.4, -0.2) is 22.0 Å². The van der Waals surface area contributed by atoms with Crippen LogP contribution in [0, 0.1) is 0 Å². The monoisotopic (exact) mass is 399 g/mol. The molecule has 1 aliphatic carbocycles. The first kappa shape index (κ1) is 18.1. The molecule has 0 saturated carbocycles. The number of thioether (sulfide) groups is 1. The van der Waals surface area contributed by atoms with Gasteiger partial charge in [-0.15, -0.1) is 23.1 Å². The molecule has 1 atom stereocenters. The van der Waals surface area contributed by atoms with Crippen molar-refractivity contribution in [2.24, 2.45) is 5.73 Å². The van der Waals surface area contributed by atoms with Gasteiger partial charge in [-0.1, -0.05) is 18.2 Å². The van der Waals surface area contributed by atoms with Crippen LogP contribution in [0.1, 0.15) is 40.6 Å². The lowest BCUT2D eigenvalue weighted by Crippen LogP contribution is -2.24. The number of fused-ring (bicyclic) bond motifs is 2. The average Bonchev–Trinajstić information content (AvgIpc) is 3.22. The first-order chi connectivity index (χ1) is 13.0. The molecule has 5 nitrogen and oxygen atoms in total. The number of benzene rings is 1. The van der Waals surface area contributed by atoms with E-state index in [1.165, 1.54) is 28.0 Å². The van der Waals surface area contributed by atoms with Crippen molar-refractivity contribution in [1.29, 1.82) is 0 Å². The Kier molecular flexibility index (Phi) is 4.97. The van der Waals surface area contributed by atoms with E-state index in [9.17, 15) is 9.59 Å². The van der Waals surface area contributed by atoms with Crippen molar-refractivity contribution >= 4 is 50.8 Å². The van der Waals surface area contributed by atoms with Crippen LogP contribution >= 0.6 is 23.1 Å². The van der Waals surface area contributed by atoms with Crippen LogP contribution in [0.2, 0.25) is 0 Å². The van der Waals surface area contributed by atoms with Crippen molar-refractivity contribution in [3.05, 3.63) is 46.5 Å². The van der Waals surface area contributed by atoms with Crippen molar-refractivity contribution in [2.75, 3.05) is 5.32 Å². The van der Waals surface area contributed by atoms with E-state index in [2.05, 4.69) is 10.3 Å². The summed E-state index contributed by atoms with van der Waals surface area (Å²) in [5, 5.41) is 4.36. The number of primary amides is 1. The van der Waals surface area contributed by atoms with E-state index >= 15 is 0 Å². The van der Waals surface area contributed by atoms with Gasteiger partial charge in [-0.05, 0) is 44.2 Å². The fourth-order valence-corrected chi connectivity index (χ4v) is 5.79. The molecule has 7 heteroatoms. The summed E-state index contributed by atoms with van der Waals surface area (Å²) in [6.07, 6.45) is 5.92. The summed E-state index contributed by atoms with van der Waals surface area (Å²) in [4.78, 5) is 30.2. The Bertz CT molecular complexity index is 1020. The lowest BCUT2D eigenvalue weighted by Gasteiger charge is -2.12. The predicted molar refractivity (Wildman–Crippen MR) is 112 cm³/mol. The number of carbonyl (C=O) groups is 2. The van der Waals surface area contributed by atoms with Crippen molar-refractivity contribution in [3.63, 3.8) is 0 Å². The first-order valence-corrected chi connectivity index (χ1v) is 10.7. The molecule has 0 radical (unpaired) electrons. The Hall–Kier alpha value is -2.25. The summed E-state index contributed by atoms with van der Waals surface area (Å²) < 4.78 is 0. The van der Waals surface area contributed by atoms with Crippen LogP contribution in [-0.2, 0) is 17.6 Å². The maximum atomic E-state index is 12.8. The molecule has 2 amide bonds. The minimum Gasteiger partial charge on any atom is -0.365 e. The summed E-state index contributed by atoms with van der Waals surface area (Å²) >= 11 is 3.00. The highest BCUT2D eigenvalue weighted by Gasteiger charge is 2.26. The number of hydrogen-bond acceptors (Lipinski definition) is 4. The Labute approximate surface area is 165 Å². The number of rotatable bonds is 5. The first-order valence-electron chi connectivity index (χ1n) is 9.02. The number of aromatic nitrogens is 1. The van der Waals surface area contributed by atoms with Gasteiger partial charge in [0, 0.05) is 26.9 Å². The summed E-state index contributed by atoms with van der Waals surface area (Å²) in [5.74, 6) is -0.576. The standard InChI is InChI=1S/C20H21N3O2S2/c1-11(26-16-10-22-14-8-4-2-6-12(14)16)19(25)23-20-17(18(21)24)13-7-3-5-9-15(13)27-20/h2,4,6,8,10-11,22H,3,5,7,9H2,1H3,(H2,21,24)(H,23,25). The van der Waals surface area contributed by atoms with Crippen molar-refractivity contribution < 1.29 is 9.59 Å². The van der Waals surface area contributed by atoms with E-state index in [1.807, 2.05) is 37.4 Å². The fourth-order valence-electron chi connectivity index (χ4n) is 3.51. The topological polar surface area (TPSA) is 88.0 Å². The third-order valence-electron chi connectivity index (χ3n) is 4.88. The Balaban J connectivity index is 1.53. The quantitative estimate of drug-likeness (QED) is 0.558. The van der Waals surface area contributed by atoms with E-state index in [1.54, 1.807) is 0 Å². The third-order valence-corrected chi connectivity index (χ3v) is 7.25. The smallest absolute Gasteiger partial charge is 0.251 e. The minimum atomic E-state index is -0.457. The van der Waals surface area contributed by atoms with Gasteiger partial charge in [-0.2, -0.15) is 0 Å². The molecule has 1 aromatic carbocycles. The lowest BCUT2D eigenvalue weighted by molar-refractivity contribution is -0.115. The van der Waals surface area contributed by atoms with Gasteiger partial charge < -0.3 is 16.0 Å². The maximum absolute atomic E-state index is 12.8. The summed E-state index contributed by atoms with van der Waals surface area (Å²) in [5.41, 5.74) is 8.20. The number of anilines is 1. The zero-order chi connectivity index (χ0) is 19.0. The highest BCUT2D eigenvalue weighted by Crippen LogP contribution is 2.38. The molecule has 0 spiro atoms. The molecular formula is C20H21N3O2S2. The zero-order valence-corrected chi connectivity index (χ0v) is 16.6. The normalized spacial score (nSPS) is 14.7. The largest absolute Gasteiger partial charge is 0.365 e. The fraction of sp³-hybridized carbons (Fsp3) is 0.300. The van der Waals surface area contributed by atoms with E-state index in [-0.39, 0.29) is 11.2 Å². The number of nitrogens with one attached hydrogen (secondary N) is 2. The minimum absolute atomic E-state index is 0.119. The van der Waals surface area contributed by atoms with Crippen molar-refractivity contribution in [3.8, 4) is 0 Å². The van der Waals surface area contributed by atoms with Crippen LogP contribution in [0.15, 0.2) is 35.4 Å². The molecule has 0 bridgehead atoms. The second kappa shape index (κ2) is 7.40. The maximum Gasteiger partial charge on any atom is 0.251 e. The number of aromatic amines is 1. The van der Waals surface area contributed by atoms with Crippen molar-refractivity contribution in [2.45, 2.75) is 42.8 Å². The van der Waals surface area contributed by atoms with Gasteiger partial charge in [0.15, 0.2) is 0 Å². The molecule has 0 fully saturated rings. The third kappa shape index (κ3) is 3.49. The molecule has 4 rings (SSSR count). The van der Waals surface area contributed by atoms with Gasteiger partial charge in [-0.3, -0.25) is 9.59 Å². The molecule has 2 heterocycles. The molecule has 27 heavy (non-hydrogen) atoms. The summed E-state index contributed by atoms with van der Waals surface area (Å²) in [6, 6.07) is 8.02. The van der Waals surface area contributed by atoms with E-state index in [0.717, 1.165) is 47.0 Å². The SMILES string of the molecule is CC(Sc1c[nH]c2ccccc12)C(=O)Nc1sc2c(c1C(N)=O)CCCC2. The van der Waals surface area contributed by atoms with Gasteiger partial charge in [0.1, 0.15) is 5.00 Å². The van der Waals surface area contributed by atoms with Gasteiger partial charge >= 0.3 is 0 Å². The molecule has 140 valence electrons. The number of H-pyrrole nitrogens is 1. The summed E-state index contributed by atoms with van der Waals surface area (Å²) in [7, 11) is 0. The lowest BCUT2D eigenvalue weighted by atomic mass is 9.95. The molecule has 2 aromatic heterocycles. The number of aryl methyl sites for hydroxylation is 1. The molecule has 4 N–H and O–H groups in total. The van der Waals surface area contributed by atoms with E-state index in [0.29, 0.717) is 10.6 Å². The number of amides is 2. The number of thiophene rings is 1. The van der Waals surface area contributed by atoms with Crippen LogP contribution in [0.4, 0.5) is 5.00 Å². The highest BCUT2D eigenvalue weighted by atomic mass is 32.2. The van der Waals surface area contributed by atoms with Crippen molar-refractivity contribution in [1.82, 2.24) is 4.98 Å². The van der Waals surface area contributed by atoms with Crippen LogP contribution in [0.25, 0.3) is 10.9 Å². The average molecular weight is 400 g/mol. The summed E-state index contributed by atoms with van der Waals surface area (Å²) in [6.45, 7) is 1.87. The van der Waals surface area contributed by atoms with Gasteiger partial charge in [-0.25, -0.2) is 0 Å². The molecule has 3 aromatic rings. The Morgan fingerprint density at radius 3 is 2.85 bits per heavy atom. The van der Waals surface area contributed by atoms with Crippen LogP contribution in [0.3, 0.4) is 0 Å². The molecule has 1 unspecified atom stereocenters. The number of para-hydroxylation sites is 1. The number of nitrogens with two attached hydrogens (primary N) is 1. The molecular weight excluding hydrogens is 378 g/mol. The second-order valence-electron chi connectivity index (χ2n) is 6.73. The van der Waals surface area contributed by atoms with Gasteiger partial charge in [0.25, 0.3) is 5.91 Å². The van der Waals surface area contributed by atoms with Crippen LogP contribution in [0.5, 0.6) is 0 Å². The second-order valence-corrected chi connectivity index (χ2v) is 9.21. The highest BCUT2D eigenvalue weighted by molar-refractivity contribution is 8.00. The van der Waals surface area contributed by atoms with E-state index < -0.39 is 5.91 Å². The van der Waals surface area contributed by atoms with Gasteiger partial charge in [0.05, 0.1) is 10.8 Å². The Morgan fingerprint density at radius 1 is 1.26 bits per heavy atom. The number of hydrogen-bond donors (Lipinski definition) is 3. The number of carbonyl (C=O) groups excluding carboxylic acids is 2. The zero-order valence-electron chi connectivity index (χ0n) is 15.0. The molecule has 0 aliphatic heterocycles. The molecule has 0 saturated heterocycles. The Morgan fingerprint density at radius 2 is 2.04 bits per heavy atom. The predicted octanol–water partition coefficient (Wildman–Crippen LogP) is 4.33. The van der Waals surface area contributed by atoms with Crippen LogP contribution < -0.4 is 11.1 Å².